The van der Waals surface area contributed by atoms with Gasteiger partial charge in [0.25, 0.3) is 5.91 Å². The zero-order chi connectivity index (χ0) is 20.9. The molecule has 9 heteroatoms. The molecule has 0 saturated heterocycles. The summed E-state index contributed by atoms with van der Waals surface area (Å²) in [7, 11) is 0. The number of nitrogens with one attached hydrogen (secondary N) is 2. The predicted molar refractivity (Wildman–Crippen MR) is 106 cm³/mol. The maximum atomic E-state index is 13.7. The number of carbonyl (C=O) groups is 2. The van der Waals surface area contributed by atoms with E-state index in [1.165, 1.54) is 30.0 Å². The van der Waals surface area contributed by atoms with Crippen LogP contribution >= 0.6 is 11.8 Å². The zero-order valence-electron chi connectivity index (χ0n) is 16.7. The summed E-state index contributed by atoms with van der Waals surface area (Å²) in [5.41, 5.74) is -0.334. The fourth-order valence-electron chi connectivity index (χ4n) is 2.44. The van der Waals surface area contributed by atoms with Crippen molar-refractivity contribution < 1.29 is 14.0 Å². The molecule has 0 radical (unpaired) electrons. The first-order chi connectivity index (χ1) is 13.1. The van der Waals surface area contributed by atoms with Crippen molar-refractivity contribution in [3.8, 4) is 0 Å². The molecule has 1 aromatic carbocycles. The molecule has 2 rings (SSSR count). The molecule has 0 bridgehead atoms. The fraction of sp³-hybridized carbons (Fsp3) is 0.474. The molecule has 2 N–H and O–H groups in total. The minimum atomic E-state index is -0.577. The number of hydrogen-bond acceptors (Lipinski definition) is 5. The van der Waals surface area contributed by atoms with Crippen LogP contribution in [0.2, 0.25) is 0 Å². The summed E-state index contributed by atoms with van der Waals surface area (Å²) in [5.74, 6) is -0.640. The average molecular weight is 408 g/mol. The lowest BCUT2D eigenvalue weighted by molar-refractivity contribution is -0.121. The second kappa shape index (κ2) is 9.18. The van der Waals surface area contributed by atoms with Gasteiger partial charge in [-0.05, 0) is 46.8 Å². The van der Waals surface area contributed by atoms with Crippen LogP contribution in [0.4, 0.5) is 4.39 Å². The number of thioether (sulfide) groups is 1. The van der Waals surface area contributed by atoms with Crippen LogP contribution in [0, 0.1) is 5.82 Å². The Kier molecular flexibility index (Phi) is 7.17. The molecule has 1 atom stereocenters. The first-order valence-corrected chi connectivity index (χ1v) is 9.93. The maximum absolute atomic E-state index is 13.7. The van der Waals surface area contributed by atoms with Crippen LogP contribution in [0.5, 0.6) is 0 Å². The molecule has 1 unspecified atom stereocenters. The number of rotatable bonds is 7. The van der Waals surface area contributed by atoms with E-state index in [2.05, 4.69) is 20.8 Å². The highest BCUT2D eigenvalue weighted by Gasteiger charge is 2.23. The van der Waals surface area contributed by atoms with E-state index < -0.39 is 11.7 Å². The van der Waals surface area contributed by atoms with Gasteiger partial charge in [-0.15, -0.1) is 10.2 Å². The molecule has 0 saturated carbocycles. The van der Waals surface area contributed by atoms with Crippen molar-refractivity contribution in [1.82, 2.24) is 25.4 Å². The van der Waals surface area contributed by atoms with Crippen molar-refractivity contribution in [2.24, 2.45) is 0 Å². The molecule has 1 heterocycles. The Morgan fingerprint density at radius 3 is 2.54 bits per heavy atom. The van der Waals surface area contributed by atoms with E-state index in [1.807, 2.05) is 32.3 Å². The molecule has 0 spiro atoms. The van der Waals surface area contributed by atoms with Gasteiger partial charge in [0.15, 0.2) is 11.0 Å². The van der Waals surface area contributed by atoms with Crippen molar-refractivity contribution >= 4 is 23.6 Å². The Hall–Kier alpha value is -2.42. The van der Waals surface area contributed by atoms with Crippen LogP contribution in [-0.2, 0) is 17.9 Å². The van der Waals surface area contributed by atoms with Crippen LogP contribution in [0.3, 0.4) is 0 Å². The SMILES string of the molecule is CCn1c(CNC(=O)c2ccccc2F)nnc1SC(C)C(=O)NC(C)(C)C. The molecular formula is C19H26FN5O2S. The second-order valence-corrected chi connectivity index (χ2v) is 8.61. The Labute approximate surface area is 168 Å². The van der Waals surface area contributed by atoms with Crippen molar-refractivity contribution in [2.75, 3.05) is 0 Å². The number of amides is 2. The summed E-state index contributed by atoms with van der Waals surface area (Å²) in [4.78, 5) is 24.5. The molecule has 0 fully saturated rings. The largest absolute Gasteiger partial charge is 0.351 e. The van der Waals surface area contributed by atoms with Crippen molar-refractivity contribution in [3.63, 3.8) is 0 Å². The summed E-state index contributed by atoms with van der Waals surface area (Å²) in [6.45, 7) is 10.2. The van der Waals surface area contributed by atoms with E-state index in [-0.39, 0.29) is 28.8 Å². The molecule has 2 amide bonds. The third-order valence-electron chi connectivity index (χ3n) is 3.78. The summed E-state index contributed by atoms with van der Waals surface area (Å²) in [6.07, 6.45) is 0. The molecule has 7 nitrogen and oxygen atoms in total. The van der Waals surface area contributed by atoms with E-state index in [9.17, 15) is 14.0 Å². The van der Waals surface area contributed by atoms with Crippen molar-refractivity contribution in [3.05, 3.63) is 41.5 Å². The van der Waals surface area contributed by atoms with Crippen LogP contribution < -0.4 is 10.6 Å². The molecule has 0 aliphatic heterocycles. The highest BCUT2D eigenvalue weighted by atomic mass is 32.2. The topological polar surface area (TPSA) is 88.9 Å². The average Bonchev–Trinajstić information content (AvgIpc) is 3.00. The summed E-state index contributed by atoms with van der Waals surface area (Å²) in [5, 5.41) is 14.1. The third-order valence-corrected chi connectivity index (χ3v) is 4.87. The third kappa shape index (κ3) is 5.79. The van der Waals surface area contributed by atoms with E-state index in [0.717, 1.165) is 0 Å². The predicted octanol–water partition coefficient (Wildman–Crippen LogP) is 2.76. The van der Waals surface area contributed by atoms with Gasteiger partial charge in [0.1, 0.15) is 5.82 Å². The second-order valence-electron chi connectivity index (χ2n) is 7.30. The van der Waals surface area contributed by atoms with Gasteiger partial charge in [0.2, 0.25) is 5.91 Å². The van der Waals surface area contributed by atoms with E-state index in [0.29, 0.717) is 17.5 Å². The molecule has 0 aliphatic carbocycles. The Morgan fingerprint density at radius 1 is 1.25 bits per heavy atom. The minimum absolute atomic E-state index is 0.0212. The number of nitrogens with zero attached hydrogens (tertiary/aromatic N) is 3. The van der Waals surface area contributed by atoms with Gasteiger partial charge in [-0.25, -0.2) is 4.39 Å². The first-order valence-electron chi connectivity index (χ1n) is 9.06. The molecule has 2 aromatic rings. The lowest BCUT2D eigenvalue weighted by atomic mass is 10.1. The first kappa shape index (κ1) is 21.9. The fourth-order valence-corrected chi connectivity index (χ4v) is 3.37. The lowest BCUT2D eigenvalue weighted by Gasteiger charge is -2.22. The maximum Gasteiger partial charge on any atom is 0.254 e. The standard InChI is InChI=1S/C19H26FN5O2S/c1-6-25-15(11-21-17(27)13-9-7-8-10-14(13)20)23-24-18(25)28-12(2)16(26)22-19(3,4)5/h7-10,12H,6,11H2,1-5H3,(H,21,27)(H,22,26). The zero-order valence-corrected chi connectivity index (χ0v) is 17.6. The van der Waals surface area contributed by atoms with Crippen LogP contribution in [0.1, 0.15) is 50.8 Å². The van der Waals surface area contributed by atoms with Crippen molar-refractivity contribution in [1.29, 1.82) is 0 Å². The summed E-state index contributed by atoms with van der Waals surface area (Å²) in [6, 6.07) is 5.79. The van der Waals surface area contributed by atoms with Gasteiger partial charge in [-0.1, -0.05) is 23.9 Å². The van der Waals surface area contributed by atoms with E-state index >= 15 is 0 Å². The van der Waals surface area contributed by atoms with Crippen LogP contribution in [0.15, 0.2) is 29.4 Å². The Bertz CT molecular complexity index is 847. The highest BCUT2D eigenvalue weighted by Crippen LogP contribution is 2.23. The van der Waals surface area contributed by atoms with Gasteiger partial charge < -0.3 is 15.2 Å². The van der Waals surface area contributed by atoms with Crippen LogP contribution in [0.25, 0.3) is 0 Å². The van der Waals surface area contributed by atoms with Crippen molar-refractivity contribution in [2.45, 2.75) is 63.7 Å². The van der Waals surface area contributed by atoms with Gasteiger partial charge in [0.05, 0.1) is 17.4 Å². The van der Waals surface area contributed by atoms with Gasteiger partial charge in [-0.3, -0.25) is 9.59 Å². The number of aromatic nitrogens is 3. The van der Waals surface area contributed by atoms with E-state index in [4.69, 9.17) is 0 Å². The molecule has 152 valence electrons. The Balaban J connectivity index is 2.04. The van der Waals surface area contributed by atoms with Crippen LogP contribution in [-0.4, -0.2) is 37.4 Å². The normalized spacial score (nSPS) is 12.5. The Morgan fingerprint density at radius 2 is 1.93 bits per heavy atom. The smallest absolute Gasteiger partial charge is 0.254 e. The number of halogens is 1. The number of hydrogen-bond donors (Lipinski definition) is 2. The summed E-state index contributed by atoms with van der Waals surface area (Å²) >= 11 is 1.30. The van der Waals surface area contributed by atoms with Gasteiger partial charge >= 0.3 is 0 Å². The van der Waals surface area contributed by atoms with E-state index in [1.54, 1.807) is 13.0 Å². The molecule has 28 heavy (non-hydrogen) atoms. The number of carbonyl (C=O) groups excluding carboxylic acids is 2. The molecule has 0 aliphatic rings. The monoisotopic (exact) mass is 407 g/mol. The summed E-state index contributed by atoms with van der Waals surface area (Å²) < 4.78 is 15.5. The minimum Gasteiger partial charge on any atom is -0.351 e. The molecular weight excluding hydrogens is 381 g/mol. The van der Waals surface area contributed by atoms with Gasteiger partial charge in [-0.2, -0.15) is 0 Å². The highest BCUT2D eigenvalue weighted by molar-refractivity contribution is 8.00. The quantitative estimate of drug-likeness (QED) is 0.689. The molecule has 1 aromatic heterocycles. The number of benzene rings is 1. The lowest BCUT2D eigenvalue weighted by Crippen LogP contribution is -2.44. The van der Waals surface area contributed by atoms with Gasteiger partial charge in [0, 0.05) is 12.1 Å².